The van der Waals surface area contributed by atoms with Gasteiger partial charge in [-0.25, -0.2) is 0 Å². The molecule has 0 aromatic heterocycles. The number of benzene rings is 2. The number of aliphatic imine (C=N–C) groups is 2. The van der Waals surface area contributed by atoms with Crippen molar-refractivity contribution in [3.05, 3.63) is 84.0 Å². The van der Waals surface area contributed by atoms with Gasteiger partial charge in [-0.05, 0) is 113 Å². The standard InChI is InChI=1S/C67H114N2.Pd/c1-5-9-13-17-20-23-26-27-28-29-30-31-32-33-36-39-42-45-49-61-67(69-65-59-53-51-57-63(65)55-47-44-41-38-35-25-22-19-15-11-7-3)66(60-48-16-12-8-4)68-64-58-52-50-56-62(64)54-46-43-40-37-34-24-21-18-14-10-6-2;/h37-38,40-41,50-53,56-59H,5-36,39,42-49,54-55,60-61H2,1-4H3;. The zero-order chi connectivity index (χ0) is 49.2. The van der Waals surface area contributed by atoms with Gasteiger partial charge in [0.1, 0.15) is 0 Å². The number of nitrogens with zero attached hydrogens (tertiary/aromatic N) is 2. The van der Waals surface area contributed by atoms with Crippen LogP contribution in [0.25, 0.3) is 0 Å². The van der Waals surface area contributed by atoms with Crippen molar-refractivity contribution >= 4 is 22.8 Å². The van der Waals surface area contributed by atoms with Crippen molar-refractivity contribution in [3.63, 3.8) is 0 Å². The van der Waals surface area contributed by atoms with Crippen molar-refractivity contribution in [1.29, 1.82) is 0 Å². The van der Waals surface area contributed by atoms with E-state index in [9.17, 15) is 0 Å². The molecule has 0 saturated carbocycles. The van der Waals surface area contributed by atoms with E-state index in [2.05, 4.69) is 101 Å². The molecule has 0 amide bonds. The van der Waals surface area contributed by atoms with Crippen LogP contribution < -0.4 is 0 Å². The molecule has 0 aliphatic rings. The normalized spacial score (nSPS) is 12.2. The average molecular weight is 1050 g/mol. The van der Waals surface area contributed by atoms with Crippen LogP contribution >= 0.6 is 0 Å². The quantitative estimate of drug-likeness (QED) is 0.0273. The van der Waals surface area contributed by atoms with Crippen LogP contribution in [0.1, 0.15) is 315 Å². The molecule has 2 aromatic carbocycles. The van der Waals surface area contributed by atoms with Crippen LogP contribution in [0.15, 0.2) is 82.8 Å². The second-order valence-electron chi connectivity index (χ2n) is 21.1. The van der Waals surface area contributed by atoms with Gasteiger partial charge in [0.15, 0.2) is 0 Å². The number of hydrogen-bond acceptors (Lipinski definition) is 2. The smallest absolute Gasteiger partial charge is 0.0665 e. The fourth-order valence-electron chi connectivity index (χ4n) is 9.95. The van der Waals surface area contributed by atoms with E-state index in [0.717, 1.165) is 38.5 Å². The first kappa shape index (κ1) is 65.9. The van der Waals surface area contributed by atoms with E-state index in [1.54, 1.807) is 0 Å². The first-order valence-electron chi connectivity index (χ1n) is 30.8. The summed E-state index contributed by atoms with van der Waals surface area (Å²) in [5.41, 5.74) is 7.61. The Morgan fingerprint density at radius 3 is 0.857 bits per heavy atom. The van der Waals surface area contributed by atoms with Crippen molar-refractivity contribution in [2.24, 2.45) is 9.98 Å². The van der Waals surface area contributed by atoms with Crippen molar-refractivity contribution < 1.29 is 20.4 Å². The van der Waals surface area contributed by atoms with E-state index in [4.69, 9.17) is 9.98 Å². The van der Waals surface area contributed by atoms with Crippen LogP contribution in [0, 0.1) is 0 Å². The third-order valence-corrected chi connectivity index (χ3v) is 14.5. The van der Waals surface area contributed by atoms with Gasteiger partial charge < -0.3 is 0 Å². The first-order valence-corrected chi connectivity index (χ1v) is 30.8. The van der Waals surface area contributed by atoms with Gasteiger partial charge in [-0.3, -0.25) is 9.98 Å². The molecule has 0 aliphatic heterocycles. The minimum atomic E-state index is 0. The summed E-state index contributed by atoms with van der Waals surface area (Å²) in [5.74, 6) is 0. The summed E-state index contributed by atoms with van der Waals surface area (Å²) in [4.78, 5) is 11.3. The maximum Gasteiger partial charge on any atom is 0.0665 e. The van der Waals surface area contributed by atoms with Crippen LogP contribution in [-0.4, -0.2) is 11.4 Å². The van der Waals surface area contributed by atoms with E-state index in [1.807, 2.05) is 0 Å². The van der Waals surface area contributed by atoms with E-state index in [0.29, 0.717) is 0 Å². The average Bonchev–Trinajstić information content (AvgIpc) is 3.37. The van der Waals surface area contributed by atoms with Gasteiger partial charge >= 0.3 is 0 Å². The van der Waals surface area contributed by atoms with Crippen LogP contribution in [0.2, 0.25) is 0 Å². The number of aryl methyl sites for hydroxylation is 2. The van der Waals surface area contributed by atoms with Crippen LogP contribution in [-0.2, 0) is 33.3 Å². The summed E-state index contributed by atoms with van der Waals surface area (Å²) in [5, 5.41) is 0. The zero-order valence-corrected chi connectivity index (χ0v) is 48.5. The van der Waals surface area contributed by atoms with E-state index in [1.165, 1.54) is 284 Å². The number of para-hydroxylation sites is 2. The molecule has 70 heavy (non-hydrogen) atoms. The number of rotatable bonds is 50. The molecule has 0 heterocycles. The maximum atomic E-state index is 5.66. The fraction of sp³-hybridized carbons (Fsp3) is 0.731. The van der Waals surface area contributed by atoms with Gasteiger partial charge in [0.05, 0.1) is 22.8 Å². The van der Waals surface area contributed by atoms with E-state index < -0.39 is 0 Å². The van der Waals surface area contributed by atoms with Gasteiger partial charge in [0.2, 0.25) is 0 Å². The number of allylic oxidation sites excluding steroid dienone is 4. The molecule has 0 atom stereocenters. The molecule has 2 nitrogen and oxygen atoms in total. The molecule has 0 saturated heterocycles. The van der Waals surface area contributed by atoms with Crippen LogP contribution in [0.3, 0.4) is 0 Å². The Kier molecular flexibility index (Phi) is 48.8. The second-order valence-corrected chi connectivity index (χ2v) is 21.1. The van der Waals surface area contributed by atoms with Gasteiger partial charge in [-0.2, -0.15) is 0 Å². The monoisotopic (exact) mass is 1050 g/mol. The predicted octanol–water partition coefficient (Wildman–Crippen LogP) is 23.6. The van der Waals surface area contributed by atoms with Crippen molar-refractivity contribution in [2.75, 3.05) is 0 Å². The SMILES string of the molecule is CCCCCCCCC=CCCCc1ccccc1N=C(CCCCCC)C(CCCCCCCCCCCCCCCCCCCCC)=Nc1ccccc1CCCC=CCCCCCCCC.[Pd]. The summed E-state index contributed by atoms with van der Waals surface area (Å²) in [6, 6.07) is 18.1. The first-order chi connectivity index (χ1) is 34.2. The topological polar surface area (TPSA) is 24.7 Å². The van der Waals surface area contributed by atoms with Crippen LogP contribution in [0.4, 0.5) is 11.4 Å². The van der Waals surface area contributed by atoms with Gasteiger partial charge in [-0.1, -0.05) is 287 Å². The Morgan fingerprint density at radius 2 is 0.543 bits per heavy atom. The summed E-state index contributed by atoms with van der Waals surface area (Å²) < 4.78 is 0. The zero-order valence-electron chi connectivity index (χ0n) is 47.0. The molecule has 0 fully saturated rings. The molecule has 402 valence electrons. The molecule has 0 spiro atoms. The van der Waals surface area contributed by atoms with Gasteiger partial charge in [0, 0.05) is 20.4 Å². The van der Waals surface area contributed by atoms with Crippen molar-refractivity contribution in [1.82, 2.24) is 0 Å². The molecule has 0 aliphatic carbocycles. The minimum absolute atomic E-state index is 0. The predicted molar refractivity (Wildman–Crippen MR) is 314 cm³/mol. The fourth-order valence-corrected chi connectivity index (χ4v) is 9.95. The molecule has 0 N–H and O–H groups in total. The molecule has 0 bridgehead atoms. The molecule has 3 heteroatoms. The summed E-state index contributed by atoms with van der Waals surface area (Å²) >= 11 is 0. The third kappa shape index (κ3) is 38.5. The maximum absolute atomic E-state index is 5.66. The molecular weight excluding hydrogens is 939 g/mol. The van der Waals surface area contributed by atoms with Gasteiger partial charge in [0.25, 0.3) is 0 Å². The summed E-state index contributed by atoms with van der Waals surface area (Å²) in [7, 11) is 0. The minimum Gasteiger partial charge on any atom is -0.251 e. The number of unbranched alkanes of at least 4 members (excludes halogenated alkanes) is 35. The van der Waals surface area contributed by atoms with Crippen LogP contribution in [0.5, 0.6) is 0 Å². The molecule has 2 aromatic rings. The van der Waals surface area contributed by atoms with Crippen molar-refractivity contribution in [2.45, 2.75) is 317 Å². The molecule has 0 radical (unpaired) electrons. The summed E-state index contributed by atoms with van der Waals surface area (Å²) in [6.45, 7) is 9.24. The molecule has 2 rings (SSSR count). The number of hydrogen-bond donors (Lipinski definition) is 0. The Labute approximate surface area is 451 Å². The molecular formula is C67H114N2Pd. The Hall–Kier alpha value is -2.08. The van der Waals surface area contributed by atoms with Gasteiger partial charge in [-0.15, -0.1) is 0 Å². The summed E-state index contributed by atoms with van der Waals surface area (Å²) in [6.07, 6.45) is 69.3. The van der Waals surface area contributed by atoms with E-state index >= 15 is 0 Å². The van der Waals surface area contributed by atoms with E-state index in [-0.39, 0.29) is 20.4 Å². The third-order valence-electron chi connectivity index (χ3n) is 14.5. The Balaban J connectivity index is 0.0000245. The van der Waals surface area contributed by atoms with Crippen molar-refractivity contribution in [3.8, 4) is 0 Å². The Morgan fingerprint density at radius 1 is 0.300 bits per heavy atom. The largest absolute Gasteiger partial charge is 0.251 e. The Bertz CT molecular complexity index is 1530. The second kappa shape index (κ2) is 51.8. The molecule has 0 unspecified atom stereocenters.